The lowest BCUT2D eigenvalue weighted by atomic mass is 11.1. The number of aromatic nitrogens is 3. The van der Waals surface area contributed by atoms with Gasteiger partial charge in [-0.05, 0) is 0 Å². The molecule has 1 aromatic heterocycles. The number of rotatable bonds is 0. The van der Waals surface area contributed by atoms with E-state index in [2.05, 4.69) is 10.1 Å². The molecule has 9 heavy (non-hydrogen) atoms. The van der Waals surface area contributed by atoms with Gasteiger partial charge in [-0.15, -0.1) is 5.10 Å². The average molecular weight is 128 g/mol. The molecule has 0 fully saturated rings. The SMILES string of the molecule is Nc1ncn(C(=O)O)n1. The summed E-state index contributed by atoms with van der Waals surface area (Å²) in [6.07, 6.45) is -0.170. The Kier molecular flexibility index (Phi) is 1.07. The topological polar surface area (TPSA) is 94.0 Å². The highest BCUT2D eigenvalue weighted by molar-refractivity contribution is 5.66. The summed E-state index contributed by atoms with van der Waals surface area (Å²) in [4.78, 5) is 13.4. The van der Waals surface area contributed by atoms with Crippen LogP contribution in [0.15, 0.2) is 6.33 Å². The summed E-state index contributed by atoms with van der Waals surface area (Å²) in [7, 11) is 0. The van der Waals surface area contributed by atoms with E-state index in [0.29, 0.717) is 4.68 Å². The van der Waals surface area contributed by atoms with E-state index >= 15 is 0 Å². The zero-order valence-electron chi connectivity index (χ0n) is 4.35. The maximum atomic E-state index is 10.0. The molecule has 0 aliphatic carbocycles. The molecular weight excluding hydrogens is 124 g/mol. The highest BCUT2D eigenvalue weighted by Gasteiger charge is 2.00. The van der Waals surface area contributed by atoms with Gasteiger partial charge < -0.3 is 10.8 Å². The van der Waals surface area contributed by atoms with Gasteiger partial charge in [0.25, 0.3) is 0 Å². The smallest absolute Gasteiger partial charge is 0.433 e. The second kappa shape index (κ2) is 1.73. The molecule has 1 aromatic rings. The summed E-state index contributed by atoms with van der Waals surface area (Å²) in [6.45, 7) is 0. The molecule has 1 heterocycles. The first-order chi connectivity index (χ1) is 4.20. The van der Waals surface area contributed by atoms with Crippen LogP contribution in [0, 0.1) is 0 Å². The summed E-state index contributed by atoms with van der Waals surface area (Å²) in [5.74, 6) is -0.0441. The molecule has 0 aliphatic rings. The number of carbonyl (C=O) groups is 1. The van der Waals surface area contributed by atoms with Gasteiger partial charge in [0, 0.05) is 0 Å². The van der Waals surface area contributed by atoms with Gasteiger partial charge in [-0.2, -0.15) is 4.68 Å². The predicted octanol–water partition coefficient (Wildman–Crippen LogP) is -0.614. The van der Waals surface area contributed by atoms with Crippen molar-refractivity contribution in [1.82, 2.24) is 14.8 Å². The van der Waals surface area contributed by atoms with Crippen LogP contribution in [0.5, 0.6) is 0 Å². The van der Waals surface area contributed by atoms with Crippen molar-refractivity contribution < 1.29 is 9.90 Å². The van der Waals surface area contributed by atoms with E-state index in [4.69, 9.17) is 10.8 Å². The zero-order chi connectivity index (χ0) is 6.85. The van der Waals surface area contributed by atoms with E-state index in [9.17, 15) is 4.79 Å². The molecular formula is C3H4N4O2. The van der Waals surface area contributed by atoms with Gasteiger partial charge in [-0.1, -0.05) is 0 Å². The summed E-state index contributed by atoms with van der Waals surface area (Å²) >= 11 is 0. The molecule has 48 valence electrons. The van der Waals surface area contributed by atoms with Crippen LogP contribution in [0.1, 0.15) is 0 Å². The molecule has 0 atom stereocenters. The number of hydrogen-bond donors (Lipinski definition) is 2. The standard InChI is InChI=1S/C3H4N4O2/c4-2-5-1-7(6-2)3(8)9/h1H,(H2,4,6)(H,8,9). The third-order valence-electron chi connectivity index (χ3n) is 0.706. The van der Waals surface area contributed by atoms with E-state index in [0.717, 1.165) is 6.33 Å². The molecule has 0 aliphatic heterocycles. The van der Waals surface area contributed by atoms with Gasteiger partial charge in [0.05, 0.1) is 0 Å². The number of carboxylic acid groups (broad SMARTS) is 1. The second-order valence-corrected chi connectivity index (χ2v) is 1.33. The maximum Gasteiger partial charge on any atom is 0.433 e. The fourth-order valence-corrected chi connectivity index (χ4v) is 0.368. The fourth-order valence-electron chi connectivity index (χ4n) is 0.368. The van der Waals surface area contributed by atoms with Gasteiger partial charge in [-0.25, -0.2) is 9.78 Å². The first-order valence-corrected chi connectivity index (χ1v) is 2.10. The largest absolute Gasteiger partial charge is 0.463 e. The van der Waals surface area contributed by atoms with Crippen molar-refractivity contribution in [2.75, 3.05) is 5.73 Å². The lowest BCUT2D eigenvalue weighted by Gasteiger charge is -1.84. The number of nitrogens with two attached hydrogens (primary N) is 1. The third-order valence-corrected chi connectivity index (χ3v) is 0.706. The maximum absolute atomic E-state index is 10.0. The van der Waals surface area contributed by atoms with E-state index in [1.54, 1.807) is 0 Å². The van der Waals surface area contributed by atoms with Crippen molar-refractivity contribution in [3.05, 3.63) is 6.33 Å². The Hall–Kier alpha value is -1.59. The normalized spacial score (nSPS) is 9.33. The molecule has 0 radical (unpaired) electrons. The minimum Gasteiger partial charge on any atom is -0.463 e. The number of anilines is 1. The lowest BCUT2D eigenvalue weighted by molar-refractivity contribution is 0.192. The Morgan fingerprint density at radius 2 is 2.56 bits per heavy atom. The summed E-state index contributed by atoms with van der Waals surface area (Å²) in [5.41, 5.74) is 5.01. The molecule has 1 rings (SSSR count). The van der Waals surface area contributed by atoms with Crippen molar-refractivity contribution in [2.24, 2.45) is 0 Å². The van der Waals surface area contributed by atoms with E-state index < -0.39 is 6.09 Å². The number of hydrogen-bond acceptors (Lipinski definition) is 4. The van der Waals surface area contributed by atoms with Crippen LogP contribution in [0.4, 0.5) is 10.7 Å². The highest BCUT2D eigenvalue weighted by atomic mass is 16.4. The van der Waals surface area contributed by atoms with Crippen molar-refractivity contribution in [2.45, 2.75) is 0 Å². The van der Waals surface area contributed by atoms with Crippen LogP contribution in [-0.2, 0) is 0 Å². The van der Waals surface area contributed by atoms with Crippen molar-refractivity contribution in [1.29, 1.82) is 0 Å². The Labute approximate surface area is 49.9 Å². The van der Waals surface area contributed by atoms with E-state index in [1.165, 1.54) is 0 Å². The highest BCUT2D eigenvalue weighted by Crippen LogP contribution is 1.86. The quantitative estimate of drug-likeness (QED) is 0.485. The van der Waals surface area contributed by atoms with E-state index in [-0.39, 0.29) is 5.95 Å². The fraction of sp³-hybridized carbons (Fsp3) is 0. The Balaban J connectivity index is 2.98. The first kappa shape index (κ1) is 5.54. The molecule has 3 N–H and O–H groups in total. The molecule has 0 bridgehead atoms. The molecule has 0 saturated carbocycles. The summed E-state index contributed by atoms with van der Waals surface area (Å²) in [6, 6.07) is 0. The summed E-state index contributed by atoms with van der Waals surface area (Å²) in [5, 5.41) is 11.5. The molecule has 0 saturated heterocycles. The molecule has 6 nitrogen and oxygen atoms in total. The monoisotopic (exact) mass is 128 g/mol. The van der Waals surface area contributed by atoms with Gasteiger partial charge >= 0.3 is 6.09 Å². The first-order valence-electron chi connectivity index (χ1n) is 2.10. The Morgan fingerprint density at radius 3 is 2.78 bits per heavy atom. The average Bonchev–Trinajstić information content (AvgIpc) is 2.14. The second-order valence-electron chi connectivity index (χ2n) is 1.33. The molecule has 0 aromatic carbocycles. The van der Waals surface area contributed by atoms with Crippen molar-refractivity contribution >= 4 is 12.0 Å². The van der Waals surface area contributed by atoms with Crippen LogP contribution in [0.3, 0.4) is 0 Å². The third kappa shape index (κ3) is 0.958. The van der Waals surface area contributed by atoms with Crippen LogP contribution >= 0.6 is 0 Å². The van der Waals surface area contributed by atoms with Gasteiger partial charge in [0.1, 0.15) is 6.33 Å². The summed E-state index contributed by atoms with van der Waals surface area (Å²) < 4.78 is 0.634. The molecule has 0 spiro atoms. The van der Waals surface area contributed by atoms with Crippen LogP contribution < -0.4 is 5.73 Å². The molecule has 0 unspecified atom stereocenters. The van der Waals surface area contributed by atoms with Gasteiger partial charge in [0.15, 0.2) is 0 Å². The van der Waals surface area contributed by atoms with Gasteiger partial charge in [0.2, 0.25) is 5.95 Å². The minimum atomic E-state index is -1.20. The molecule has 6 heteroatoms. The minimum absolute atomic E-state index is 0.0441. The number of nitrogens with zero attached hydrogens (tertiary/aromatic N) is 3. The van der Waals surface area contributed by atoms with Crippen molar-refractivity contribution in [3.8, 4) is 0 Å². The Morgan fingerprint density at radius 1 is 1.89 bits per heavy atom. The predicted molar refractivity (Wildman–Crippen MR) is 27.9 cm³/mol. The van der Waals surface area contributed by atoms with Gasteiger partial charge in [-0.3, -0.25) is 0 Å². The lowest BCUT2D eigenvalue weighted by Crippen LogP contribution is -2.08. The van der Waals surface area contributed by atoms with Crippen LogP contribution in [0.25, 0.3) is 0 Å². The van der Waals surface area contributed by atoms with Crippen LogP contribution in [0.2, 0.25) is 0 Å². The Bertz CT molecular complexity index is 229. The zero-order valence-corrected chi connectivity index (χ0v) is 4.35. The van der Waals surface area contributed by atoms with E-state index in [1.807, 2.05) is 0 Å². The van der Waals surface area contributed by atoms with Crippen molar-refractivity contribution in [3.63, 3.8) is 0 Å². The molecule has 0 amide bonds. The number of nitrogen functional groups attached to an aromatic ring is 1. The van der Waals surface area contributed by atoms with Crippen LogP contribution in [-0.4, -0.2) is 26.0 Å².